The van der Waals surface area contributed by atoms with E-state index in [4.69, 9.17) is 14.2 Å². The molecule has 3 aromatic rings. The molecule has 34 heavy (non-hydrogen) atoms. The number of benzene rings is 3. The van der Waals surface area contributed by atoms with Gasteiger partial charge in [-0.1, -0.05) is 42.5 Å². The van der Waals surface area contributed by atoms with Gasteiger partial charge in [-0.2, -0.15) is 0 Å². The Balaban J connectivity index is 1.61. The molecule has 6 nitrogen and oxygen atoms in total. The maximum atomic E-state index is 11.5. The van der Waals surface area contributed by atoms with Crippen molar-refractivity contribution in [2.45, 2.75) is 25.5 Å². The Morgan fingerprint density at radius 3 is 2.24 bits per heavy atom. The highest BCUT2D eigenvalue weighted by Gasteiger charge is 2.32. The van der Waals surface area contributed by atoms with Gasteiger partial charge in [-0.3, -0.25) is 9.69 Å². The van der Waals surface area contributed by atoms with E-state index in [0.717, 1.165) is 33.9 Å². The largest absolute Gasteiger partial charge is 0.497 e. The van der Waals surface area contributed by atoms with Crippen LogP contribution in [0.3, 0.4) is 0 Å². The number of likely N-dealkylation sites (tertiary alicyclic amines) is 1. The van der Waals surface area contributed by atoms with Crippen molar-refractivity contribution in [3.8, 4) is 17.2 Å². The Labute approximate surface area is 200 Å². The van der Waals surface area contributed by atoms with Crippen LogP contribution in [0.15, 0.2) is 72.8 Å². The molecule has 0 saturated carbocycles. The number of methoxy groups -OCH3 is 2. The van der Waals surface area contributed by atoms with Crippen LogP contribution in [0.2, 0.25) is 0 Å². The van der Waals surface area contributed by atoms with Gasteiger partial charge in [0.25, 0.3) is 0 Å². The summed E-state index contributed by atoms with van der Waals surface area (Å²) >= 11 is 0. The number of ether oxygens (including phenoxy) is 3. The third-order valence-corrected chi connectivity index (χ3v) is 6.42. The van der Waals surface area contributed by atoms with Crippen molar-refractivity contribution >= 4 is 5.97 Å². The van der Waals surface area contributed by atoms with E-state index in [2.05, 4.69) is 17.0 Å². The summed E-state index contributed by atoms with van der Waals surface area (Å²) in [6.07, 6.45) is 1.24. The van der Waals surface area contributed by atoms with Crippen LogP contribution >= 0.6 is 0 Å². The molecule has 4 rings (SSSR count). The van der Waals surface area contributed by atoms with Crippen molar-refractivity contribution in [3.63, 3.8) is 0 Å². The molecular weight excluding hydrogens is 430 g/mol. The molecular formula is C28H31NO5. The van der Waals surface area contributed by atoms with Crippen LogP contribution in [0.1, 0.15) is 35.6 Å². The minimum atomic E-state index is -0.713. The van der Waals surface area contributed by atoms with Gasteiger partial charge in [-0.05, 0) is 67.4 Å². The molecule has 0 bridgehead atoms. The van der Waals surface area contributed by atoms with Crippen molar-refractivity contribution in [3.05, 3.63) is 89.5 Å². The van der Waals surface area contributed by atoms with E-state index in [1.165, 1.54) is 0 Å². The van der Waals surface area contributed by atoms with Crippen LogP contribution in [-0.2, 0) is 11.4 Å². The average Bonchev–Trinajstić information content (AvgIpc) is 2.89. The van der Waals surface area contributed by atoms with E-state index in [0.29, 0.717) is 32.5 Å². The lowest BCUT2D eigenvalue weighted by atomic mass is 9.90. The van der Waals surface area contributed by atoms with E-state index in [9.17, 15) is 9.90 Å². The van der Waals surface area contributed by atoms with Gasteiger partial charge in [0.05, 0.1) is 26.2 Å². The average molecular weight is 462 g/mol. The monoisotopic (exact) mass is 461 g/mol. The molecule has 178 valence electrons. The highest BCUT2D eigenvalue weighted by atomic mass is 16.5. The van der Waals surface area contributed by atoms with Crippen LogP contribution < -0.4 is 14.2 Å². The molecule has 1 aliphatic heterocycles. The van der Waals surface area contributed by atoms with Gasteiger partial charge in [-0.15, -0.1) is 0 Å². The molecule has 0 spiro atoms. The molecule has 6 heteroatoms. The second-order valence-corrected chi connectivity index (χ2v) is 8.50. The number of piperidine rings is 1. The lowest BCUT2D eigenvalue weighted by molar-refractivity contribution is -0.143. The first kappa shape index (κ1) is 23.6. The van der Waals surface area contributed by atoms with Crippen LogP contribution in [-0.4, -0.2) is 43.3 Å². The molecule has 1 fully saturated rings. The van der Waals surface area contributed by atoms with E-state index < -0.39 is 5.97 Å². The molecule has 0 amide bonds. The summed E-state index contributed by atoms with van der Waals surface area (Å²) < 4.78 is 17.2. The van der Waals surface area contributed by atoms with Crippen LogP contribution in [0.25, 0.3) is 0 Å². The number of rotatable bonds is 9. The minimum absolute atomic E-state index is 0.0945. The first-order valence-corrected chi connectivity index (χ1v) is 11.5. The van der Waals surface area contributed by atoms with Gasteiger partial charge in [0.1, 0.15) is 23.9 Å². The number of hydrogen-bond donors (Lipinski definition) is 1. The maximum Gasteiger partial charge on any atom is 0.306 e. The molecule has 0 aliphatic carbocycles. The van der Waals surface area contributed by atoms with Gasteiger partial charge >= 0.3 is 5.97 Å². The van der Waals surface area contributed by atoms with Crippen molar-refractivity contribution in [2.75, 3.05) is 27.3 Å². The van der Waals surface area contributed by atoms with Crippen LogP contribution in [0.4, 0.5) is 0 Å². The number of carbonyl (C=O) groups is 1. The first-order chi connectivity index (χ1) is 16.6. The molecule has 1 unspecified atom stereocenters. The summed E-state index contributed by atoms with van der Waals surface area (Å²) in [5.41, 5.74) is 3.20. The smallest absolute Gasteiger partial charge is 0.306 e. The zero-order valence-corrected chi connectivity index (χ0v) is 19.6. The molecule has 1 saturated heterocycles. The fourth-order valence-electron chi connectivity index (χ4n) is 4.53. The lowest BCUT2D eigenvalue weighted by Gasteiger charge is -2.37. The second-order valence-electron chi connectivity index (χ2n) is 8.50. The highest BCUT2D eigenvalue weighted by Crippen LogP contribution is 2.39. The third-order valence-electron chi connectivity index (χ3n) is 6.42. The molecule has 1 heterocycles. The number of aliphatic carboxylic acids is 1. The highest BCUT2D eigenvalue weighted by molar-refractivity contribution is 5.70. The van der Waals surface area contributed by atoms with Gasteiger partial charge in [0, 0.05) is 5.56 Å². The topological polar surface area (TPSA) is 68.2 Å². The number of nitrogens with zero attached hydrogens (tertiary/aromatic N) is 1. The van der Waals surface area contributed by atoms with Gasteiger partial charge in [0.2, 0.25) is 0 Å². The first-order valence-electron chi connectivity index (χ1n) is 11.5. The van der Waals surface area contributed by atoms with E-state index in [1.807, 2.05) is 60.7 Å². The fraction of sp³-hybridized carbons (Fsp3) is 0.321. The van der Waals surface area contributed by atoms with Gasteiger partial charge in [0.15, 0.2) is 0 Å². The SMILES string of the molecule is COc1ccc(OC)c(C(c2ccc(OCc3ccccc3)cc2)N2CCC(C(=O)O)CC2)c1. The molecule has 0 radical (unpaired) electrons. The quantitative estimate of drug-likeness (QED) is 0.474. The Morgan fingerprint density at radius 2 is 1.62 bits per heavy atom. The van der Waals surface area contributed by atoms with E-state index in [-0.39, 0.29) is 12.0 Å². The van der Waals surface area contributed by atoms with Crippen LogP contribution in [0, 0.1) is 5.92 Å². The second kappa shape index (κ2) is 11.1. The van der Waals surface area contributed by atoms with Crippen molar-refractivity contribution < 1.29 is 24.1 Å². The molecule has 0 aromatic heterocycles. The summed E-state index contributed by atoms with van der Waals surface area (Å²) in [4.78, 5) is 13.8. The summed E-state index contributed by atoms with van der Waals surface area (Å²) in [5.74, 6) is 1.32. The normalized spacial score (nSPS) is 15.5. The maximum absolute atomic E-state index is 11.5. The summed E-state index contributed by atoms with van der Waals surface area (Å²) in [6.45, 7) is 1.89. The standard InChI is InChI=1S/C28H31NO5/c1-32-24-12-13-26(33-2)25(18-24)27(29-16-14-22(15-17-29)28(30)31)21-8-10-23(11-9-21)34-19-20-6-4-3-5-7-20/h3-13,18,22,27H,14-17,19H2,1-2H3,(H,30,31). The summed E-state index contributed by atoms with van der Waals surface area (Å²) in [5, 5.41) is 9.44. The van der Waals surface area contributed by atoms with E-state index in [1.54, 1.807) is 14.2 Å². The molecule has 1 N–H and O–H groups in total. The van der Waals surface area contributed by atoms with E-state index >= 15 is 0 Å². The zero-order valence-electron chi connectivity index (χ0n) is 19.6. The Hall–Kier alpha value is -3.51. The van der Waals surface area contributed by atoms with Crippen molar-refractivity contribution in [2.24, 2.45) is 5.92 Å². The van der Waals surface area contributed by atoms with Crippen molar-refractivity contribution in [1.29, 1.82) is 0 Å². The minimum Gasteiger partial charge on any atom is -0.497 e. The van der Waals surface area contributed by atoms with Gasteiger partial charge < -0.3 is 19.3 Å². The number of hydrogen-bond acceptors (Lipinski definition) is 5. The molecule has 3 aromatic carbocycles. The Morgan fingerprint density at radius 1 is 0.941 bits per heavy atom. The molecule has 1 atom stereocenters. The lowest BCUT2D eigenvalue weighted by Crippen LogP contribution is -2.39. The predicted molar refractivity (Wildman–Crippen MR) is 131 cm³/mol. The Kier molecular flexibility index (Phi) is 7.70. The zero-order chi connectivity index (χ0) is 23.9. The fourth-order valence-corrected chi connectivity index (χ4v) is 4.53. The van der Waals surface area contributed by atoms with Gasteiger partial charge in [-0.25, -0.2) is 0 Å². The van der Waals surface area contributed by atoms with Crippen molar-refractivity contribution in [1.82, 2.24) is 4.90 Å². The molecule has 1 aliphatic rings. The summed E-state index contributed by atoms with van der Waals surface area (Å²) in [7, 11) is 3.32. The third kappa shape index (κ3) is 5.51. The number of carboxylic acid groups (broad SMARTS) is 1. The predicted octanol–water partition coefficient (Wildman–Crippen LogP) is 5.17. The number of carboxylic acids is 1. The Bertz CT molecular complexity index is 1080. The van der Waals surface area contributed by atoms with Crippen LogP contribution in [0.5, 0.6) is 17.2 Å². The summed E-state index contributed by atoms with van der Waals surface area (Å²) in [6, 6.07) is 23.9.